The summed E-state index contributed by atoms with van der Waals surface area (Å²) in [6.45, 7) is 1.17. The third-order valence-corrected chi connectivity index (χ3v) is 2.92. The first kappa shape index (κ1) is 12.5. The van der Waals surface area contributed by atoms with Gasteiger partial charge in [0.1, 0.15) is 0 Å². The van der Waals surface area contributed by atoms with Crippen LogP contribution in [-0.2, 0) is 0 Å². The number of hydrogen-bond acceptors (Lipinski definition) is 4. The molecule has 5 heteroatoms. The molecule has 0 spiro atoms. The zero-order chi connectivity index (χ0) is 11.3. The molecule has 0 aromatic heterocycles. The van der Waals surface area contributed by atoms with Crippen molar-refractivity contribution >= 4 is 34.0 Å². The highest BCUT2D eigenvalue weighted by atomic mass is 127. The van der Waals surface area contributed by atoms with Crippen molar-refractivity contribution in [2.45, 2.75) is 0 Å². The summed E-state index contributed by atoms with van der Waals surface area (Å²) in [5.74, 6) is 0. The van der Waals surface area contributed by atoms with Crippen molar-refractivity contribution in [3.63, 3.8) is 0 Å². The van der Waals surface area contributed by atoms with E-state index in [9.17, 15) is 0 Å². The van der Waals surface area contributed by atoms with Crippen LogP contribution in [0.2, 0.25) is 0 Å². The van der Waals surface area contributed by atoms with Crippen molar-refractivity contribution in [2.75, 3.05) is 36.9 Å². The fraction of sp³-hybridized carbons (Fsp3) is 0.400. The first-order valence-corrected chi connectivity index (χ1v) is 5.78. The van der Waals surface area contributed by atoms with E-state index in [1.807, 2.05) is 23.1 Å². The Labute approximate surface area is 103 Å². The Morgan fingerprint density at radius 2 is 1.80 bits per heavy atom. The second-order valence-corrected chi connectivity index (χ2v) is 4.31. The van der Waals surface area contributed by atoms with Gasteiger partial charge in [-0.1, -0.05) is 0 Å². The van der Waals surface area contributed by atoms with Gasteiger partial charge in [0.2, 0.25) is 0 Å². The molecule has 4 nitrogen and oxygen atoms in total. The summed E-state index contributed by atoms with van der Waals surface area (Å²) in [4.78, 5) is 1.93. The molecule has 0 heterocycles. The smallest absolute Gasteiger partial charge is 0.0606 e. The Bertz CT molecular complexity index is 314. The standard InChI is InChI=1S/C10H15IN2O2/c11-9-7-8(12)1-2-10(9)13(3-5-14)4-6-15/h1-2,7,14-15H,3-6,12H2. The minimum atomic E-state index is 0.0699. The van der Waals surface area contributed by atoms with E-state index >= 15 is 0 Å². The molecule has 1 aromatic carbocycles. The van der Waals surface area contributed by atoms with E-state index in [-0.39, 0.29) is 13.2 Å². The Kier molecular flexibility index (Phi) is 5.13. The molecule has 1 aromatic rings. The Hall–Kier alpha value is -0.530. The highest BCUT2D eigenvalue weighted by Gasteiger charge is 2.08. The number of anilines is 2. The maximum absolute atomic E-state index is 8.92. The van der Waals surface area contributed by atoms with E-state index in [4.69, 9.17) is 15.9 Å². The van der Waals surface area contributed by atoms with Gasteiger partial charge in [0.05, 0.1) is 18.9 Å². The maximum Gasteiger partial charge on any atom is 0.0606 e. The summed E-state index contributed by atoms with van der Waals surface area (Å²) in [5, 5.41) is 17.8. The third kappa shape index (κ3) is 3.51. The van der Waals surface area contributed by atoms with Crippen molar-refractivity contribution < 1.29 is 10.2 Å². The molecule has 15 heavy (non-hydrogen) atoms. The van der Waals surface area contributed by atoms with Crippen LogP contribution in [0.1, 0.15) is 0 Å². The molecule has 0 atom stereocenters. The SMILES string of the molecule is Nc1ccc(N(CCO)CCO)c(I)c1. The van der Waals surface area contributed by atoms with Gasteiger partial charge < -0.3 is 20.8 Å². The first-order chi connectivity index (χ1) is 7.19. The number of halogens is 1. The number of nitrogen functional groups attached to an aromatic ring is 1. The lowest BCUT2D eigenvalue weighted by Crippen LogP contribution is -2.30. The summed E-state index contributed by atoms with van der Waals surface area (Å²) < 4.78 is 1.02. The van der Waals surface area contributed by atoms with Gasteiger partial charge in [-0.05, 0) is 40.8 Å². The normalized spacial score (nSPS) is 10.3. The summed E-state index contributed by atoms with van der Waals surface area (Å²) >= 11 is 2.20. The molecule has 0 aliphatic rings. The Morgan fingerprint density at radius 3 is 2.27 bits per heavy atom. The topological polar surface area (TPSA) is 69.7 Å². The van der Waals surface area contributed by atoms with Gasteiger partial charge in [-0.2, -0.15) is 0 Å². The monoisotopic (exact) mass is 322 g/mol. The minimum Gasteiger partial charge on any atom is -0.399 e. The lowest BCUT2D eigenvalue weighted by Gasteiger charge is -2.24. The predicted molar refractivity (Wildman–Crippen MR) is 70.0 cm³/mol. The molecular weight excluding hydrogens is 307 g/mol. The highest BCUT2D eigenvalue weighted by Crippen LogP contribution is 2.24. The van der Waals surface area contributed by atoms with E-state index in [2.05, 4.69) is 22.6 Å². The lowest BCUT2D eigenvalue weighted by molar-refractivity contribution is 0.281. The largest absolute Gasteiger partial charge is 0.399 e. The van der Waals surface area contributed by atoms with Crippen LogP contribution in [0.25, 0.3) is 0 Å². The average Bonchev–Trinajstić information content (AvgIpc) is 2.17. The first-order valence-electron chi connectivity index (χ1n) is 4.70. The van der Waals surface area contributed by atoms with Crippen molar-refractivity contribution in [2.24, 2.45) is 0 Å². The number of nitrogens with zero attached hydrogens (tertiary/aromatic N) is 1. The number of nitrogens with two attached hydrogens (primary N) is 1. The summed E-state index contributed by atoms with van der Waals surface area (Å²) in [5.41, 5.74) is 7.37. The van der Waals surface area contributed by atoms with Gasteiger partial charge in [0.25, 0.3) is 0 Å². The fourth-order valence-corrected chi connectivity index (χ4v) is 2.25. The molecule has 0 unspecified atom stereocenters. The van der Waals surface area contributed by atoms with Crippen LogP contribution in [0.15, 0.2) is 18.2 Å². The molecule has 1 rings (SSSR count). The Morgan fingerprint density at radius 1 is 1.20 bits per heavy atom. The van der Waals surface area contributed by atoms with Crippen molar-refractivity contribution in [3.05, 3.63) is 21.8 Å². The van der Waals surface area contributed by atoms with E-state index in [1.165, 1.54) is 0 Å². The third-order valence-electron chi connectivity index (χ3n) is 2.05. The highest BCUT2D eigenvalue weighted by molar-refractivity contribution is 14.1. The number of hydrogen-bond donors (Lipinski definition) is 3. The predicted octanol–water partition coefficient (Wildman–Crippen LogP) is 0.664. The van der Waals surface area contributed by atoms with Crippen LogP contribution < -0.4 is 10.6 Å². The zero-order valence-corrected chi connectivity index (χ0v) is 10.5. The zero-order valence-electron chi connectivity index (χ0n) is 8.36. The minimum absolute atomic E-state index is 0.0699. The van der Waals surface area contributed by atoms with Gasteiger partial charge in [-0.15, -0.1) is 0 Å². The summed E-state index contributed by atoms with van der Waals surface area (Å²) in [7, 11) is 0. The lowest BCUT2D eigenvalue weighted by atomic mass is 10.2. The van der Waals surface area contributed by atoms with E-state index in [0.717, 1.165) is 14.9 Å². The van der Waals surface area contributed by atoms with Crippen LogP contribution in [0.5, 0.6) is 0 Å². The van der Waals surface area contributed by atoms with Crippen molar-refractivity contribution in [3.8, 4) is 0 Å². The molecule has 4 N–H and O–H groups in total. The number of aliphatic hydroxyl groups excluding tert-OH is 2. The summed E-state index contributed by atoms with van der Waals surface area (Å²) in [6, 6.07) is 5.60. The van der Waals surface area contributed by atoms with Crippen molar-refractivity contribution in [1.82, 2.24) is 0 Å². The number of benzene rings is 1. The molecule has 0 aliphatic carbocycles. The van der Waals surface area contributed by atoms with E-state index in [1.54, 1.807) is 0 Å². The van der Waals surface area contributed by atoms with Crippen LogP contribution in [0.4, 0.5) is 11.4 Å². The summed E-state index contributed by atoms with van der Waals surface area (Å²) in [6.07, 6.45) is 0. The Balaban J connectivity index is 2.89. The second kappa shape index (κ2) is 6.14. The van der Waals surface area contributed by atoms with Crippen LogP contribution in [0.3, 0.4) is 0 Å². The molecule has 0 saturated heterocycles. The van der Waals surface area contributed by atoms with Gasteiger partial charge in [-0.3, -0.25) is 0 Å². The van der Waals surface area contributed by atoms with E-state index < -0.39 is 0 Å². The molecule has 0 bridgehead atoms. The van der Waals surface area contributed by atoms with Gasteiger partial charge in [0, 0.05) is 22.3 Å². The van der Waals surface area contributed by atoms with Crippen LogP contribution in [-0.4, -0.2) is 36.5 Å². The number of rotatable bonds is 5. The molecule has 0 amide bonds. The maximum atomic E-state index is 8.92. The van der Waals surface area contributed by atoms with Gasteiger partial charge >= 0.3 is 0 Å². The van der Waals surface area contributed by atoms with Gasteiger partial charge in [-0.25, -0.2) is 0 Å². The average molecular weight is 322 g/mol. The molecule has 0 radical (unpaired) electrons. The van der Waals surface area contributed by atoms with Crippen LogP contribution in [0, 0.1) is 3.57 Å². The van der Waals surface area contributed by atoms with Crippen molar-refractivity contribution in [1.29, 1.82) is 0 Å². The molecule has 0 saturated carbocycles. The van der Waals surface area contributed by atoms with E-state index in [0.29, 0.717) is 13.1 Å². The molecule has 0 fully saturated rings. The fourth-order valence-electron chi connectivity index (χ4n) is 1.37. The van der Waals surface area contributed by atoms with Gasteiger partial charge in [0.15, 0.2) is 0 Å². The molecule has 84 valence electrons. The molecule has 0 aliphatic heterocycles. The second-order valence-electron chi connectivity index (χ2n) is 3.15. The number of aliphatic hydroxyl groups is 2. The molecular formula is C10H15IN2O2. The van der Waals surface area contributed by atoms with Crippen LogP contribution >= 0.6 is 22.6 Å². The quantitative estimate of drug-likeness (QED) is 0.550.